The number of hydrogen-bond donors (Lipinski definition) is 3. The van der Waals surface area contributed by atoms with Gasteiger partial charge in [-0.25, -0.2) is 0 Å². The summed E-state index contributed by atoms with van der Waals surface area (Å²) in [5.74, 6) is -0.121. The maximum atomic E-state index is 12.5. The van der Waals surface area contributed by atoms with Crippen molar-refractivity contribution < 1.29 is 4.79 Å². The molecule has 1 unspecified atom stereocenters. The number of amides is 1. The van der Waals surface area contributed by atoms with Crippen molar-refractivity contribution in [1.29, 1.82) is 0 Å². The fourth-order valence-electron chi connectivity index (χ4n) is 2.61. The van der Waals surface area contributed by atoms with E-state index in [2.05, 4.69) is 33.5 Å². The molecule has 0 spiro atoms. The number of piperidine rings is 1. The molecular weight excluding hydrogens is 330 g/mol. The van der Waals surface area contributed by atoms with Gasteiger partial charge in [0.15, 0.2) is 0 Å². The molecule has 21 heavy (non-hydrogen) atoms. The summed E-state index contributed by atoms with van der Waals surface area (Å²) in [7, 11) is 0. The van der Waals surface area contributed by atoms with Crippen LogP contribution < -0.4 is 16.4 Å². The van der Waals surface area contributed by atoms with Crippen LogP contribution in [-0.2, 0) is 10.3 Å². The van der Waals surface area contributed by atoms with Crippen molar-refractivity contribution in [2.24, 2.45) is 11.1 Å². The summed E-state index contributed by atoms with van der Waals surface area (Å²) < 4.78 is 0.977. The van der Waals surface area contributed by atoms with Gasteiger partial charge >= 0.3 is 0 Å². The van der Waals surface area contributed by atoms with Crippen molar-refractivity contribution in [3.8, 4) is 0 Å². The van der Waals surface area contributed by atoms with Crippen LogP contribution in [-0.4, -0.2) is 25.5 Å². The van der Waals surface area contributed by atoms with Gasteiger partial charge in [-0.2, -0.15) is 0 Å². The van der Waals surface area contributed by atoms with Crippen molar-refractivity contribution in [2.45, 2.75) is 32.2 Å². The number of carbonyl (C=O) groups excluding carboxylic acids is 1. The number of rotatable bonds is 4. The number of hydrogen-bond acceptors (Lipinski definition) is 3. The van der Waals surface area contributed by atoms with E-state index < -0.39 is 5.54 Å². The Kier molecular flexibility index (Phi) is 5.07. The summed E-state index contributed by atoms with van der Waals surface area (Å²) >= 11 is 3.39. The highest BCUT2D eigenvalue weighted by atomic mass is 79.9. The third-order valence-corrected chi connectivity index (χ3v) is 4.93. The zero-order valence-electron chi connectivity index (χ0n) is 12.7. The van der Waals surface area contributed by atoms with E-state index in [1.54, 1.807) is 6.92 Å². The highest BCUT2D eigenvalue weighted by Gasteiger charge is 2.33. The number of carbonyl (C=O) groups is 1. The molecule has 0 bridgehead atoms. The summed E-state index contributed by atoms with van der Waals surface area (Å²) in [5, 5.41) is 6.39. The molecule has 116 valence electrons. The van der Waals surface area contributed by atoms with Gasteiger partial charge in [0.1, 0.15) is 5.54 Å². The fraction of sp³-hybridized carbons (Fsp3) is 0.562. The van der Waals surface area contributed by atoms with E-state index in [0.29, 0.717) is 6.54 Å². The fourth-order valence-corrected chi connectivity index (χ4v) is 2.88. The third kappa shape index (κ3) is 4.05. The Labute approximate surface area is 135 Å². The average Bonchev–Trinajstić information content (AvgIpc) is 2.46. The summed E-state index contributed by atoms with van der Waals surface area (Å²) in [6, 6.07) is 7.58. The highest BCUT2D eigenvalue weighted by Crippen LogP contribution is 2.27. The van der Waals surface area contributed by atoms with Gasteiger partial charge in [0.25, 0.3) is 0 Å². The molecule has 4 N–H and O–H groups in total. The first-order valence-electron chi connectivity index (χ1n) is 7.37. The smallest absolute Gasteiger partial charge is 0.244 e. The number of nitrogens with two attached hydrogens (primary N) is 1. The molecule has 5 heteroatoms. The predicted octanol–water partition coefficient (Wildman–Crippen LogP) is 2.13. The van der Waals surface area contributed by atoms with Crippen LogP contribution in [0.5, 0.6) is 0 Å². The lowest BCUT2D eigenvalue weighted by Crippen LogP contribution is -2.52. The molecule has 1 aliphatic heterocycles. The van der Waals surface area contributed by atoms with Gasteiger partial charge in [-0.1, -0.05) is 35.0 Å². The summed E-state index contributed by atoms with van der Waals surface area (Å²) in [6.07, 6.45) is 2.15. The third-order valence-electron chi connectivity index (χ3n) is 4.40. The minimum absolute atomic E-state index is 0.121. The maximum absolute atomic E-state index is 12.5. The van der Waals surface area contributed by atoms with Crippen molar-refractivity contribution >= 4 is 21.8 Å². The standard InChI is InChI=1S/C16H24BrN3O/c1-15(7-9-19-10-8-15)11-20-14(21)16(2,18)12-3-5-13(17)6-4-12/h3-6,19H,7-11,18H2,1-2H3,(H,20,21). The summed E-state index contributed by atoms with van der Waals surface area (Å²) in [6.45, 7) is 6.69. The lowest BCUT2D eigenvalue weighted by Gasteiger charge is -2.35. The Bertz CT molecular complexity index is 493. The van der Waals surface area contributed by atoms with Crippen LogP contribution >= 0.6 is 15.9 Å². The van der Waals surface area contributed by atoms with Gasteiger partial charge < -0.3 is 16.4 Å². The maximum Gasteiger partial charge on any atom is 0.244 e. The topological polar surface area (TPSA) is 67.2 Å². The van der Waals surface area contributed by atoms with Gasteiger partial charge in [0.05, 0.1) is 0 Å². The minimum atomic E-state index is -1.01. The molecule has 1 fully saturated rings. The Morgan fingerprint density at radius 1 is 1.38 bits per heavy atom. The van der Waals surface area contributed by atoms with Crippen LogP contribution in [0, 0.1) is 5.41 Å². The second-order valence-electron chi connectivity index (χ2n) is 6.45. The van der Waals surface area contributed by atoms with Gasteiger partial charge in [0, 0.05) is 11.0 Å². The first-order valence-corrected chi connectivity index (χ1v) is 8.17. The minimum Gasteiger partial charge on any atom is -0.354 e. The van der Waals surface area contributed by atoms with Crippen molar-refractivity contribution in [1.82, 2.24) is 10.6 Å². The van der Waals surface area contributed by atoms with E-state index in [9.17, 15) is 4.79 Å². The number of nitrogens with one attached hydrogen (secondary N) is 2. The molecule has 1 aromatic carbocycles. The van der Waals surface area contributed by atoms with E-state index in [-0.39, 0.29) is 11.3 Å². The number of benzene rings is 1. The zero-order chi connectivity index (χ0) is 15.5. The Morgan fingerprint density at radius 2 is 1.95 bits per heavy atom. The summed E-state index contributed by atoms with van der Waals surface area (Å²) in [5.41, 5.74) is 6.22. The Balaban J connectivity index is 1.99. The molecule has 1 amide bonds. The van der Waals surface area contributed by atoms with Gasteiger partial charge in [-0.15, -0.1) is 0 Å². The van der Waals surface area contributed by atoms with Crippen molar-refractivity contribution in [3.05, 3.63) is 34.3 Å². The van der Waals surface area contributed by atoms with Crippen LogP contribution in [0.4, 0.5) is 0 Å². The largest absolute Gasteiger partial charge is 0.354 e. The Morgan fingerprint density at radius 3 is 2.52 bits per heavy atom. The van der Waals surface area contributed by atoms with Crippen LogP contribution in [0.2, 0.25) is 0 Å². The van der Waals surface area contributed by atoms with Crippen molar-refractivity contribution in [2.75, 3.05) is 19.6 Å². The first kappa shape index (κ1) is 16.5. The molecule has 1 atom stereocenters. The van der Waals surface area contributed by atoms with Gasteiger partial charge in [-0.3, -0.25) is 4.79 Å². The summed E-state index contributed by atoms with van der Waals surface area (Å²) in [4.78, 5) is 12.5. The lowest BCUT2D eigenvalue weighted by atomic mass is 9.80. The van der Waals surface area contributed by atoms with Gasteiger partial charge in [-0.05, 0) is 56.0 Å². The number of halogens is 1. The molecule has 2 rings (SSSR count). The van der Waals surface area contributed by atoms with Crippen LogP contribution in [0.25, 0.3) is 0 Å². The van der Waals surface area contributed by atoms with E-state index >= 15 is 0 Å². The van der Waals surface area contributed by atoms with E-state index in [1.165, 1.54) is 0 Å². The van der Waals surface area contributed by atoms with E-state index in [1.807, 2.05) is 24.3 Å². The molecule has 1 aromatic rings. The molecule has 0 saturated carbocycles. The second kappa shape index (κ2) is 6.46. The SMILES string of the molecule is CC1(CNC(=O)C(C)(N)c2ccc(Br)cc2)CCNCC1. The molecule has 0 aromatic heterocycles. The normalized spacial score (nSPS) is 20.6. The Hall–Kier alpha value is -0.910. The lowest BCUT2D eigenvalue weighted by molar-refractivity contribution is -0.126. The second-order valence-corrected chi connectivity index (χ2v) is 7.37. The van der Waals surface area contributed by atoms with Crippen LogP contribution in [0.1, 0.15) is 32.3 Å². The molecule has 4 nitrogen and oxygen atoms in total. The van der Waals surface area contributed by atoms with Crippen LogP contribution in [0.15, 0.2) is 28.7 Å². The van der Waals surface area contributed by atoms with Gasteiger partial charge in [0.2, 0.25) is 5.91 Å². The molecule has 1 saturated heterocycles. The van der Waals surface area contributed by atoms with E-state index in [4.69, 9.17) is 5.73 Å². The molecule has 0 radical (unpaired) electrons. The van der Waals surface area contributed by atoms with Crippen LogP contribution in [0.3, 0.4) is 0 Å². The van der Waals surface area contributed by atoms with Crippen molar-refractivity contribution in [3.63, 3.8) is 0 Å². The average molecular weight is 354 g/mol. The predicted molar refractivity (Wildman–Crippen MR) is 88.9 cm³/mol. The monoisotopic (exact) mass is 353 g/mol. The highest BCUT2D eigenvalue weighted by molar-refractivity contribution is 9.10. The zero-order valence-corrected chi connectivity index (χ0v) is 14.3. The molecule has 1 aliphatic rings. The molecular formula is C16H24BrN3O. The quantitative estimate of drug-likeness (QED) is 0.776. The molecule has 0 aliphatic carbocycles. The first-order chi connectivity index (χ1) is 9.83. The van der Waals surface area contributed by atoms with E-state index in [0.717, 1.165) is 36.0 Å². The molecule has 1 heterocycles.